The van der Waals surface area contributed by atoms with E-state index in [0.717, 1.165) is 22.5 Å². The number of hydrogen-bond donors (Lipinski definition) is 1. The number of carbonyl (C=O) groups is 2. The first-order valence-corrected chi connectivity index (χ1v) is 10.5. The topological polar surface area (TPSA) is 70.5 Å². The molecule has 7 heteroatoms. The fraction of sp³-hybridized carbons (Fsp3) is 0.522. The van der Waals surface area contributed by atoms with Crippen molar-refractivity contribution in [3.05, 3.63) is 46.8 Å². The lowest BCUT2D eigenvalue weighted by Crippen LogP contribution is -2.50. The van der Waals surface area contributed by atoms with Crippen LogP contribution < -0.4 is 5.32 Å². The van der Waals surface area contributed by atoms with Crippen LogP contribution in [0.25, 0.3) is 0 Å². The van der Waals surface area contributed by atoms with E-state index in [9.17, 15) is 9.59 Å². The zero-order valence-corrected chi connectivity index (χ0v) is 19.0. The number of piperazine rings is 1. The Bertz CT molecular complexity index is 913. The second kappa shape index (κ2) is 8.60. The molecule has 1 N–H and O–H groups in total. The molecule has 7 nitrogen and oxygen atoms in total. The second-order valence-electron chi connectivity index (χ2n) is 9.11. The maximum atomic E-state index is 13.0. The van der Waals surface area contributed by atoms with Gasteiger partial charge in [-0.25, -0.2) is 0 Å². The highest BCUT2D eigenvalue weighted by atomic mass is 16.2. The lowest BCUT2D eigenvalue weighted by Gasteiger charge is -2.34. The molecule has 0 spiro atoms. The van der Waals surface area contributed by atoms with E-state index in [4.69, 9.17) is 0 Å². The van der Waals surface area contributed by atoms with Crippen LogP contribution >= 0.6 is 0 Å². The lowest BCUT2D eigenvalue weighted by atomic mass is 10.1. The molecular weight excluding hydrogens is 378 g/mol. The van der Waals surface area contributed by atoms with Crippen molar-refractivity contribution < 1.29 is 9.59 Å². The predicted molar refractivity (Wildman–Crippen MR) is 119 cm³/mol. The van der Waals surface area contributed by atoms with E-state index in [1.165, 1.54) is 0 Å². The van der Waals surface area contributed by atoms with E-state index >= 15 is 0 Å². The smallest absolute Gasteiger partial charge is 0.257 e. The number of benzene rings is 1. The minimum absolute atomic E-state index is 0.0163. The minimum Gasteiger partial charge on any atom is -0.336 e. The average molecular weight is 412 g/mol. The Hall–Kier alpha value is -2.67. The maximum absolute atomic E-state index is 13.0. The summed E-state index contributed by atoms with van der Waals surface area (Å²) >= 11 is 0. The SMILES string of the molecule is Cc1cccc(C)c1NC(=O)CN1CCN(C(=O)c2cnn(C(C)(C)C)c2C)CC1. The quantitative estimate of drug-likeness (QED) is 0.840. The Morgan fingerprint density at radius 1 is 1.03 bits per heavy atom. The summed E-state index contributed by atoms with van der Waals surface area (Å²) in [6.45, 7) is 15.1. The number of carbonyl (C=O) groups excluding carboxylic acids is 2. The van der Waals surface area contributed by atoms with Gasteiger partial charge in [0, 0.05) is 37.6 Å². The Balaban J connectivity index is 1.55. The molecule has 2 heterocycles. The third-order valence-electron chi connectivity index (χ3n) is 5.65. The molecule has 2 amide bonds. The molecule has 30 heavy (non-hydrogen) atoms. The zero-order valence-electron chi connectivity index (χ0n) is 19.0. The lowest BCUT2D eigenvalue weighted by molar-refractivity contribution is -0.117. The molecule has 0 saturated carbocycles. The van der Waals surface area contributed by atoms with Crippen LogP contribution in [0.4, 0.5) is 5.69 Å². The average Bonchev–Trinajstić information content (AvgIpc) is 3.07. The van der Waals surface area contributed by atoms with Crippen LogP contribution in [0.2, 0.25) is 0 Å². The summed E-state index contributed by atoms with van der Waals surface area (Å²) in [7, 11) is 0. The van der Waals surface area contributed by atoms with Crippen molar-refractivity contribution in [3.63, 3.8) is 0 Å². The van der Waals surface area contributed by atoms with Gasteiger partial charge in [0.25, 0.3) is 5.91 Å². The van der Waals surface area contributed by atoms with Gasteiger partial charge in [0.05, 0.1) is 23.8 Å². The molecule has 162 valence electrons. The van der Waals surface area contributed by atoms with Gasteiger partial charge in [-0.05, 0) is 52.7 Å². The predicted octanol–water partition coefficient (Wildman–Crippen LogP) is 2.96. The van der Waals surface area contributed by atoms with Crippen molar-refractivity contribution in [3.8, 4) is 0 Å². The number of nitrogens with one attached hydrogen (secondary N) is 1. The third-order valence-corrected chi connectivity index (χ3v) is 5.65. The van der Waals surface area contributed by atoms with Gasteiger partial charge in [0.15, 0.2) is 0 Å². The molecule has 2 aromatic rings. The number of aryl methyl sites for hydroxylation is 2. The number of para-hydroxylation sites is 1. The number of amides is 2. The second-order valence-corrected chi connectivity index (χ2v) is 9.11. The van der Waals surface area contributed by atoms with Crippen molar-refractivity contribution in [2.75, 3.05) is 38.0 Å². The van der Waals surface area contributed by atoms with Crippen molar-refractivity contribution in [1.82, 2.24) is 19.6 Å². The van der Waals surface area contributed by atoms with E-state index < -0.39 is 0 Å². The Kier molecular flexibility index (Phi) is 6.31. The van der Waals surface area contributed by atoms with E-state index in [1.54, 1.807) is 6.20 Å². The fourth-order valence-corrected chi connectivity index (χ4v) is 3.97. The summed E-state index contributed by atoms with van der Waals surface area (Å²) in [6.07, 6.45) is 1.67. The molecule has 1 aliphatic heterocycles. The highest BCUT2D eigenvalue weighted by molar-refractivity contribution is 5.95. The van der Waals surface area contributed by atoms with Crippen LogP contribution in [0.3, 0.4) is 0 Å². The summed E-state index contributed by atoms with van der Waals surface area (Å²) < 4.78 is 1.90. The zero-order chi connectivity index (χ0) is 22.1. The summed E-state index contributed by atoms with van der Waals surface area (Å²) in [5, 5.41) is 7.45. The fourth-order valence-electron chi connectivity index (χ4n) is 3.97. The normalized spacial score (nSPS) is 15.3. The molecule has 1 aromatic heterocycles. The summed E-state index contributed by atoms with van der Waals surface area (Å²) in [4.78, 5) is 29.5. The molecule has 1 fully saturated rings. The van der Waals surface area contributed by atoms with Gasteiger partial charge in [0.2, 0.25) is 5.91 Å². The van der Waals surface area contributed by atoms with Crippen LogP contribution in [-0.2, 0) is 10.3 Å². The van der Waals surface area contributed by atoms with Gasteiger partial charge in [0.1, 0.15) is 0 Å². The van der Waals surface area contributed by atoms with Gasteiger partial charge in [-0.15, -0.1) is 0 Å². The first-order valence-electron chi connectivity index (χ1n) is 10.5. The van der Waals surface area contributed by atoms with E-state index in [0.29, 0.717) is 38.3 Å². The molecule has 1 saturated heterocycles. The minimum atomic E-state index is -0.163. The largest absolute Gasteiger partial charge is 0.336 e. The Labute approximate surface area is 179 Å². The number of hydrogen-bond acceptors (Lipinski definition) is 4. The third kappa shape index (κ3) is 4.73. The van der Waals surface area contributed by atoms with Gasteiger partial charge in [-0.2, -0.15) is 5.10 Å². The van der Waals surface area contributed by atoms with Crippen LogP contribution in [0.5, 0.6) is 0 Å². The highest BCUT2D eigenvalue weighted by Crippen LogP contribution is 2.21. The van der Waals surface area contributed by atoms with Gasteiger partial charge < -0.3 is 10.2 Å². The molecular formula is C23H33N5O2. The molecule has 0 bridgehead atoms. The van der Waals surface area contributed by atoms with E-state index in [2.05, 4.69) is 36.1 Å². The van der Waals surface area contributed by atoms with Gasteiger partial charge >= 0.3 is 0 Å². The van der Waals surface area contributed by atoms with Gasteiger partial charge in [-0.1, -0.05) is 18.2 Å². The molecule has 1 aliphatic rings. The van der Waals surface area contributed by atoms with Crippen molar-refractivity contribution in [2.45, 2.75) is 47.1 Å². The monoisotopic (exact) mass is 411 g/mol. The molecule has 0 radical (unpaired) electrons. The summed E-state index contributed by atoms with van der Waals surface area (Å²) in [6, 6.07) is 5.98. The van der Waals surface area contributed by atoms with Gasteiger partial charge in [-0.3, -0.25) is 19.2 Å². The van der Waals surface area contributed by atoms with Crippen LogP contribution in [0.15, 0.2) is 24.4 Å². The van der Waals surface area contributed by atoms with Crippen LogP contribution in [0, 0.1) is 20.8 Å². The van der Waals surface area contributed by atoms with Crippen molar-refractivity contribution in [2.24, 2.45) is 0 Å². The van der Waals surface area contributed by atoms with Crippen molar-refractivity contribution in [1.29, 1.82) is 0 Å². The highest BCUT2D eigenvalue weighted by Gasteiger charge is 2.27. The number of anilines is 1. The molecule has 1 aromatic carbocycles. The number of nitrogens with zero attached hydrogens (tertiary/aromatic N) is 4. The first kappa shape index (κ1) is 22.0. The van der Waals surface area contributed by atoms with Crippen LogP contribution in [-0.4, -0.2) is 64.1 Å². The standard InChI is InChI=1S/C23H33N5O2/c1-16-8-7-9-17(2)21(16)25-20(29)15-26-10-12-27(13-11-26)22(30)19-14-24-28(18(19)3)23(4,5)6/h7-9,14H,10-13,15H2,1-6H3,(H,25,29). The molecule has 0 atom stereocenters. The maximum Gasteiger partial charge on any atom is 0.257 e. The Morgan fingerprint density at radius 2 is 1.63 bits per heavy atom. The summed E-state index contributed by atoms with van der Waals surface area (Å²) in [5.74, 6) is -0.00267. The number of rotatable bonds is 4. The van der Waals surface area contributed by atoms with E-state index in [1.807, 2.05) is 48.6 Å². The van der Waals surface area contributed by atoms with Crippen LogP contribution in [0.1, 0.15) is 48.0 Å². The molecule has 0 aliphatic carbocycles. The molecule has 3 rings (SSSR count). The Morgan fingerprint density at radius 3 is 2.17 bits per heavy atom. The number of aromatic nitrogens is 2. The van der Waals surface area contributed by atoms with E-state index in [-0.39, 0.29) is 17.4 Å². The van der Waals surface area contributed by atoms with Crippen molar-refractivity contribution >= 4 is 17.5 Å². The first-order chi connectivity index (χ1) is 14.1. The summed E-state index contributed by atoms with van der Waals surface area (Å²) in [5.41, 5.74) is 4.40. The molecule has 0 unspecified atom stereocenters.